The van der Waals surface area contributed by atoms with Crippen molar-refractivity contribution in [3.05, 3.63) is 40.6 Å². The van der Waals surface area contributed by atoms with Crippen molar-refractivity contribution in [2.75, 3.05) is 13.6 Å². The summed E-state index contributed by atoms with van der Waals surface area (Å²) in [4.78, 5) is 4.23. The van der Waals surface area contributed by atoms with Gasteiger partial charge in [0.1, 0.15) is 11.6 Å². The average molecular weight is 374 g/mol. The van der Waals surface area contributed by atoms with Gasteiger partial charge in [-0.3, -0.25) is 5.10 Å². The Balaban J connectivity index is 2.14. The van der Waals surface area contributed by atoms with Crippen molar-refractivity contribution < 1.29 is 13.2 Å². The van der Waals surface area contributed by atoms with Gasteiger partial charge in [-0.15, -0.1) is 5.10 Å². The number of aromatic nitrogens is 4. The van der Waals surface area contributed by atoms with Crippen LogP contribution in [0.5, 0.6) is 0 Å². The van der Waals surface area contributed by atoms with Crippen LogP contribution in [0.4, 0.5) is 13.2 Å². The second-order valence-corrected chi connectivity index (χ2v) is 6.16. The number of hydrogen-bond acceptors (Lipinski definition) is 5. The molecule has 2 heterocycles. The molecule has 2 aromatic heterocycles. The summed E-state index contributed by atoms with van der Waals surface area (Å²) in [5.74, 6) is 0. The van der Waals surface area contributed by atoms with Crippen molar-refractivity contribution >= 4 is 11.0 Å². The minimum atomic E-state index is -4.48. The van der Waals surface area contributed by atoms with Crippen molar-refractivity contribution in [3.63, 3.8) is 0 Å². The molecular formula is C18H17F3N6. The summed E-state index contributed by atoms with van der Waals surface area (Å²) in [5.41, 5.74) is 1.56. The van der Waals surface area contributed by atoms with Crippen LogP contribution in [0, 0.1) is 18.3 Å². The zero-order chi connectivity index (χ0) is 19.6. The highest BCUT2D eigenvalue weighted by Crippen LogP contribution is 2.36. The van der Waals surface area contributed by atoms with Crippen LogP contribution >= 0.6 is 0 Å². The van der Waals surface area contributed by atoms with E-state index in [9.17, 15) is 18.4 Å². The van der Waals surface area contributed by atoms with Crippen LogP contribution in [0.1, 0.15) is 28.8 Å². The monoisotopic (exact) mass is 374 g/mol. The summed E-state index contributed by atoms with van der Waals surface area (Å²) in [5, 5.41) is 22.4. The average Bonchev–Trinajstić information content (AvgIpc) is 3.12. The van der Waals surface area contributed by atoms with E-state index in [1.807, 2.05) is 6.07 Å². The van der Waals surface area contributed by atoms with Gasteiger partial charge >= 0.3 is 6.18 Å². The van der Waals surface area contributed by atoms with Gasteiger partial charge in [0.25, 0.3) is 0 Å². The van der Waals surface area contributed by atoms with E-state index in [-0.39, 0.29) is 11.3 Å². The number of fused-ring (bicyclic) bond motifs is 1. The zero-order valence-electron chi connectivity index (χ0n) is 14.8. The van der Waals surface area contributed by atoms with Gasteiger partial charge in [0, 0.05) is 11.1 Å². The van der Waals surface area contributed by atoms with E-state index in [2.05, 4.69) is 25.7 Å². The summed E-state index contributed by atoms with van der Waals surface area (Å²) >= 11 is 0. The van der Waals surface area contributed by atoms with Crippen molar-refractivity contribution in [1.29, 1.82) is 5.26 Å². The highest BCUT2D eigenvalue weighted by molar-refractivity contribution is 5.87. The van der Waals surface area contributed by atoms with Crippen LogP contribution in [0.2, 0.25) is 0 Å². The number of aryl methyl sites for hydroxylation is 2. The number of nitriles is 1. The molecule has 0 saturated heterocycles. The molecule has 1 aromatic carbocycles. The number of pyridine rings is 1. The predicted octanol–water partition coefficient (Wildman–Crippen LogP) is 3.37. The van der Waals surface area contributed by atoms with Crippen LogP contribution in [-0.2, 0) is 12.6 Å². The first-order valence-electron chi connectivity index (χ1n) is 8.33. The normalized spacial score (nSPS) is 11.7. The molecule has 6 nitrogen and oxygen atoms in total. The van der Waals surface area contributed by atoms with E-state index in [1.54, 1.807) is 20.0 Å². The fourth-order valence-electron chi connectivity index (χ4n) is 3.04. The molecule has 0 amide bonds. The molecule has 0 unspecified atom stereocenters. The Hall–Kier alpha value is -2.99. The minimum Gasteiger partial charge on any atom is -0.320 e. The molecule has 2 N–H and O–H groups in total. The van der Waals surface area contributed by atoms with Gasteiger partial charge < -0.3 is 5.32 Å². The third-order valence-corrected chi connectivity index (χ3v) is 4.39. The lowest BCUT2D eigenvalue weighted by Gasteiger charge is -2.15. The van der Waals surface area contributed by atoms with Crippen LogP contribution in [0.25, 0.3) is 22.3 Å². The standard InChI is InChI=1S/C18H17F3N6/c1-10-15(24-14(9-22)17-16(10)25-27-26-17)12-6-5-11(4-3-7-23-2)13(8-12)18(19,20)21/h5-6,8,23H,3-4,7H2,1-2H3,(H,25,26,27). The summed E-state index contributed by atoms with van der Waals surface area (Å²) in [6.07, 6.45) is -3.56. The number of aromatic amines is 1. The van der Waals surface area contributed by atoms with Crippen molar-refractivity contribution in [2.45, 2.75) is 25.9 Å². The van der Waals surface area contributed by atoms with Gasteiger partial charge in [0.15, 0.2) is 5.69 Å². The molecule has 140 valence electrons. The Morgan fingerprint density at radius 3 is 2.74 bits per heavy atom. The molecule has 0 bridgehead atoms. The smallest absolute Gasteiger partial charge is 0.320 e. The van der Waals surface area contributed by atoms with E-state index in [0.717, 1.165) is 6.07 Å². The molecule has 0 aliphatic heterocycles. The Kier molecular flexibility index (Phi) is 5.10. The van der Waals surface area contributed by atoms with Gasteiger partial charge in [-0.05, 0) is 45.0 Å². The maximum Gasteiger partial charge on any atom is 0.416 e. The largest absolute Gasteiger partial charge is 0.416 e. The zero-order valence-corrected chi connectivity index (χ0v) is 14.8. The number of hydrogen-bond donors (Lipinski definition) is 2. The molecule has 3 aromatic rings. The third kappa shape index (κ3) is 3.61. The van der Waals surface area contributed by atoms with Gasteiger partial charge in [-0.2, -0.15) is 18.4 Å². The molecule has 3 rings (SSSR count). The number of benzene rings is 1. The number of nitrogens with zero attached hydrogens (tertiary/aromatic N) is 4. The van der Waals surface area contributed by atoms with Crippen LogP contribution < -0.4 is 5.32 Å². The van der Waals surface area contributed by atoms with E-state index < -0.39 is 11.7 Å². The molecule has 0 aliphatic rings. The molecule has 0 aliphatic carbocycles. The molecule has 0 saturated carbocycles. The van der Waals surface area contributed by atoms with Gasteiger partial charge in [-0.1, -0.05) is 17.3 Å². The Morgan fingerprint density at radius 1 is 1.30 bits per heavy atom. The summed E-state index contributed by atoms with van der Waals surface area (Å²) in [6.45, 7) is 2.34. The summed E-state index contributed by atoms with van der Waals surface area (Å²) in [6, 6.07) is 6.11. The number of rotatable bonds is 5. The molecular weight excluding hydrogens is 357 g/mol. The number of nitrogens with one attached hydrogen (secondary N) is 2. The summed E-state index contributed by atoms with van der Waals surface area (Å²) < 4.78 is 40.8. The topological polar surface area (TPSA) is 90.3 Å². The molecule has 0 fully saturated rings. The number of alkyl halides is 3. The fraction of sp³-hybridized carbons (Fsp3) is 0.333. The lowest BCUT2D eigenvalue weighted by Crippen LogP contribution is -2.13. The van der Waals surface area contributed by atoms with Crippen LogP contribution in [0.15, 0.2) is 18.2 Å². The van der Waals surface area contributed by atoms with E-state index in [1.165, 1.54) is 6.07 Å². The second-order valence-electron chi connectivity index (χ2n) is 6.16. The number of halogens is 3. The maximum atomic E-state index is 13.6. The lowest BCUT2D eigenvalue weighted by molar-refractivity contribution is -0.138. The highest BCUT2D eigenvalue weighted by Gasteiger charge is 2.33. The molecule has 9 heteroatoms. The van der Waals surface area contributed by atoms with Crippen molar-refractivity contribution in [2.24, 2.45) is 0 Å². The predicted molar refractivity (Wildman–Crippen MR) is 93.8 cm³/mol. The highest BCUT2D eigenvalue weighted by atomic mass is 19.4. The van der Waals surface area contributed by atoms with E-state index in [0.29, 0.717) is 47.2 Å². The first-order valence-corrected chi connectivity index (χ1v) is 8.33. The molecule has 27 heavy (non-hydrogen) atoms. The SMILES string of the molecule is CNCCCc1ccc(-c2nc(C#N)c3nn[nH]c3c2C)cc1C(F)(F)F. The second kappa shape index (κ2) is 7.32. The van der Waals surface area contributed by atoms with Crippen LogP contribution in [-0.4, -0.2) is 34.0 Å². The Morgan fingerprint density at radius 2 is 2.07 bits per heavy atom. The quantitative estimate of drug-likeness (QED) is 0.668. The lowest BCUT2D eigenvalue weighted by atomic mass is 9.96. The minimum absolute atomic E-state index is 0.0194. The Bertz CT molecular complexity index is 1020. The number of H-pyrrole nitrogens is 1. The van der Waals surface area contributed by atoms with Crippen LogP contribution in [0.3, 0.4) is 0 Å². The van der Waals surface area contributed by atoms with E-state index >= 15 is 0 Å². The maximum absolute atomic E-state index is 13.6. The fourth-order valence-corrected chi connectivity index (χ4v) is 3.04. The molecule has 0 radical (unpaired) electrons. The Labute approximate surface area is 153 Å². The van der Waals surface area contributed by atoms with Gasteiger partial charge in [-0.25, -0.2) is 4.98 Å². The summed E-state index contributed by atoms with van der Waals surface area (Å²) in [7, 11) is 1.76. The van der Waals surface area contributed by atoms with E-state index in [4.69, 9.17) is 0 Å². The van der Waals surface area contributed by atoms with Crippen molar-refractivity contribution in [1.82, 2.24) is 25.7 Å². The first-order chi connectivity index (χ1) is 12.9. The van der Waals surface area contributed by atoms with Gasteiger partial charge in [0.05, 0.1) is 16.8 Å². The van der Waals surface area contributed by atoms with Crippen molar-refractivity contribution in [3.8, 4) is 17.3 Å². The third-order valence-electron chi connectivity index (χ3n) is 4.39. The first kappa shape index (κ1) is 18.8. The molecule has 0 spiro atoms. The molecule has 0 atom stereocenters. The van der Waals surface area contributed by atoms with Gasteiger partial charge in [0.2, 0.25) is 0 Å².